The van der Waals surface area contributed by atoms with Gasteiger partial charge in [-0.05, 0) is 30.2 Å². The van der Waals surface area contributed by atoms with Gasteiger partial charge in [0.15, 0.2) is 5.78 Å². The van der Waals surface area contributed by atoms with Gasteiger partial charge in [-0.2, -0.15) is 0 Å². The Balaban J connectivity index is 2.83. The Kier molecular flexibility index (Phi) is 11.8. The number of likely N-dealkylation sites (N-methyl/N-ethyl adjacent to an activating group) is 1. The molecule has 3 amide bonds. The van der Waals surface area contributed by atoms with Crippen LogP contribution in [0.15, 0.2) is 30.3 Å². The van der Waals surface area contributed by atoms with E-state index in [1.807, 2.05) is 58.0 Å². The molecule has 9 nitrogen and oxygen atoms in total. The molecule has 0 saturated carbocycles. The van der Waals surface area contributed by atoms with Gasteiger partial charge in [-0.3, -0.25) is 29.6 Å². The molecular weight excluding hydrogens is 426 g/mol. The molecule has 0 aliphatic heterocycles. The molecular formula is C24H35N3O6. The van der Waals surface area contributed by atoms with E-state index in [1.165, 1.54) is 7.05 Å². The smallest absolute Gasteiger partial charge is 0.408 e. The zero-order valence-corrected chi connectivity index (χ0v) is 20.0. The lowest BCUT2D eigenvalue weighted by molar-refractivity contribution is -0.145. The van der Waals surface area contributed by atoms with Gasteiger partial charge < -0.3 is 10.1 Å². The third-order valence-corrected chi connectivity index (χ3v) is 4.88. The molecule has 1 aromatic carbocycles. The first-order valence-corrected chi connectivity index (χ1v) is 11.1. The van der Waals surface area contributed by atoms with E-state index < -0.39 is 29.9 Å². The Morgan fingerprint density at radius 1 is 1.00 bits per heavy atom. The number of hydrazine groups is 1. The van der Waals surface area contributed by atoms with Gasteiger partial charge in [0.05, 0.1) is 6.04 Å². The van der Waals surface area contributed by atoms with Crippen LogP contribution in [0, 0.1) is 17.8 Å². The van der Waals surface area contributed by atoms with Crippen LogP contribution >= 0.6 is 0 Å². The van der Waals surface area contributed by atoms with E-state index in [9.17, 15) is 24.0 Å². The fourth-order valence-electron chi connectivity index (χ4n) is 3.28. The quantitative estimate of drug-likeness (QED) is 0.280. The first-order chi connectivity index (χ1) is 15.5. The lowest BCUT2D eigenvalue weighted by Crippen LogP contribution is -2.48. The monoisotopic (exact) mass is 461 g/mol. The van der Waals surface area contributed by atoms with Crippen molar-refractivity contribution in [3.8, 4) is 0 Å². The van der Waals surface area contributed by atoms with Crippen molar-refractivity contribution >= 4 is 30.0 Å². The molecule has 33 heavy (non-hydrogen) atoms. The summed E-state index contributed by atoms with van der Waals surface area (Å²) < 4.78 is 5.24. The minimum atomic E-state index is -0.904. The molecule has 0 heterocycles. The summed E-state index contributed by atoms with van der Waals surface area (Å²) in [6.07, 6.45) is 0.0431. The highest BCUT2D eigenvalue weighted by molar-refractivity contribution is 6.23. The molecule has 2 atom stereocenters. The number of Topliss-reactive ketones (excluding diaryl/α,β-unsaturated/α-hetero) is 1. The van der Waals surface area contributed by atoms with E-state index in [4.69, 9.17) is 4.74 Å². The lowest BCUT2D eigenvalue weighted by atomic mass is 9.88. The molecule has 0 aliphatic rings. The summed E-state index contributed by atoms with van der Waals surface area (Å²) in [5, 5.41) is 3.42. The maximum absolute atomic E-state index is 13.1. The fraction of sp³-hybridized carbons (Fsp3) is 0.542. The minimum Gasteiger partial charge on any atom is -0.445 e. The topological polar surface area (TPSA) is 122 Å². The Labute approximate surface area is 195 Å². The largest absolute Gasteiger partial charge is 0.445 e. The Morgan fingerprint density at radius 2 is 1.61 bits per heavy atom. The molecule has 0 radical (unpaired) electrons. The number of carbonyl (C=O) groups excluding carboxylic acids is 5. The van der Waals surface area contributed by atoms with Crippen molar-refractivity contribution < 1.29 is 28.7 Å². The maximum atomic E-state index is 13.1. The van der Waals surface area contributed by atoms with Gasteiger partial charge in [0, 0.05) is 19.4 Å². The Morgan fingerprint density at radius 3 is 2.15 bits per heavy atom. The Bertz CT molecular complexity index is 810. The number of amides is 3. The number of ether oxygens (including phenoxy) is 1. The second kappa shape index (κ2) is 14.0. The molecule has 0 unspecified atom stereocenters. The third kappa shape index (κ3) is 10.8. The van der Waals surface area contributed by atoms with Gasteiger partial charge >= 0.3 is 12.0 Å². The molecule has 0 spiro atoms. The van der Waals surface area contributed by atoms with Crippen molar-refractivity contribution in [3.05, 3.63) is 35.9 Å². The van der Waals surface area contributed by atoms with E-state index >= 15 is 0 Å². The summed E-state index contributed by atoms with van der Waals surface area (Å²) >= 11 is 0. The standard InChI is InChI=1S/C24H35N3O6/c1-16(2)11-19(23(31)26-27(5)22(30)14-28)13-21(29)20(12-17(3)4)25-24(32)33-15-18-9-7-6-8-10-18/h6-10,14,16-17,19-20H,11-13,15H2,1-5H3,(H,25,32)(H,26,31)/t19-,20+/m1/s1. The van der Waals surface area contributed by atoms with Gasteiger partial charge in [-0.1, -0.05) is 58.0 Å². The van der Waals surface area contributed by atoms with Crippen molar-refractivity contribution in [2.45, 2.75) is 59.6 Å². The molecule has 1 rings (SSSR count). The zero-order valence-electron chi connectivity index (χ0n) is 20.0. The maximum Gasteiger partial charge on any atom is 0.408 e. The second-order valence-electron chi connectivity index (χ2n) is 8.88. The van der Waals surface area contributed by atoms with E-state index in [0.717, 1.165) is 10.6 Å². The number of hydrogen-bond donors (Lipinski definition) is 2. The number of ketones is 1. The molecule has 182 valence electrons. The third-order valence-electron chi connectivity index (χ3n) is 4.88. The fourth-order valence-corrected chi connectivity index (χ4v) is 3.28. The van der Waals surface area contributed by atoms with Gasteiger partial charge in [-0.25, -0.2) is 4.79 Å². The van der Waals surface area contributed by atoms with Crippen LogP contribution in [-0.2, 0) is 30.5 Å². The summed E-state index contributed by atoms with van der Waals surface area (Å²) in [4.78, 5) is 60.2. The van der Waals surface area contributed by atoms with Crippen LogP contribution in [0.5, 0.6) is 0 Å². The SMILES string of the molecule is CC(C)C[C@H](CC(=O)[C@H](CC(C)C)NC(=O)OCc1ccccc1)C(=O)NN(C)C(=O)C=O. The highest BCUT2D eigenvalue weighted by atomic mass is 16.5. The van der Waals surface area contributed by atoms with Crippen molar-refractivity contribution in [1.82, 2.24) is 15.8 Å². The van der Waals surface area contributed by atoms with Crippen LogP contribution in [-0.4, -0.2) is 48.1 Å². The van der Waals surface area contributed by atoms with Gasteiger partial charge in [0.2, 0.25) is 12.2 Å². The number of alkyl carbamates (subject to hydrolysis) is 1. The summed E-state index contributed by atoms with van der Waals surface area (Å²) in [6.45, 7) is 7.75. The van der Waals surface area contributed by atoms with Crippen LogP contribution in [0.3, 0.4) is 0 Å². The van der Waals surface area contributed by atoms with Crippen LogP contribution in [0.25, 0.3) is 0 Å². The zero-order chi connectivity index (χ0) is 25.0. The summed E-state index contributed by atoms with van der Waals surface area (Å²) in [6, 6.07) is 8.36. The van der Waals surface area contributed by atoms with Crippen LogP contribution in [0.1, 0.15) is 52.5 Å². The number of benzene rings is 1. The van der Waals surface area contributed by atoms with E-state index in [-0.39, 0.29) is 36.9 Å². The summed E-state index contributed by atoms with van der Waals surface area (Å²) in [5.41, 5.74) is 3.17. The minimum absolute atomic E-state index is 0.0741. The van der Waals surface area contributed by atoms with Crippen molar-refractivity contribution in [2.75, 3.05) is 7.05 Å². The normalized spacial score (nSPS) is 12.6. The molecule has 0 aromatic heterocycles. The van der Waals surface area contributed by atoms with Crippen LogP contribution in [0.4, 0.5) is 4.79 Å². The van der Waals surface area contributed by atoms with Gasteiger partial charge in [0.1, 0.15) is 6.61 Å². The van der Waals surface area contributed by atoms with Crippen molar-refractivity contribution in [2.24, 2.45) is 17.8 Å². The van der Waals surface area contributed by atoms with E-state index in [1.54, 1.807) is 0 Å². The first-order valence-electron chi connectivity index (χ1n) is 11.1. The molecule has 0 aliphatic carbocycles. The summed E-state index contributed by atoms with van der Waals surface area (Å²) in [5.74, 6) is -2.25. The van der Waals surface area contributed by atoms with E-state index in [0.29, 0.717) is 12.8 Å². The average Bonchev–Trinajstić information content (AvgIpc) is 2.76. The molecule has 0 saturated heterocycles. The molecule has 0 bridgehead atoms. The number of nitrogens with one attached hydrogen (secondary N) is 2. The predicted octanol–water partition coefficient (Wildman–Crippen LogP) is 2.64. The number of hydrogen-bond acceptors (Lipinski definition) is 6. The molecule has 0 fully saturated rings. The highest BCUT2D eigenvalue weighted by Gasteiger charge is 2.30. The average molecular weight is 462 g/mol. The van der Waals surface area contributed by atoms with Gasteiger partial charge in [-0.15, -0.1) is 0 Å². The second-order valence-corrected chi connectivity index (χ2v) is 8.88. The molecule has 2 N–H and O–H groups in total. The Hall–Kier alpha value is -3.23. The number of carbonyl (C=O) groups is 5. The number of aldehydes is 1. The molecule has 1 aromatic rings. The predicted molar refractivity (Wildman–Crippen MR) is 123 cm³/mol. The van der Waals surface area contributed by atoms with Gasteiger partial charge in [0.25, 0.3) is 0 Å². The summed E-state index contributed by atoms with van der Waals surface area (Å²) in [7, 11) is 1.26. The van der Waals surface area contributed by atoms with Crippen molar-refractivity contribution in [1.29, 1.82) is 0 Å². The molecule has 9 heteroatoms. The van der Waals surface area contributed by atoms with E-state index in [2.05, 4.69) is 10.7 Å². The highest BCUT2D eigenvalue weighted by Crippen LogP contribution is 2.19. The van der Waals surface area contributed by atoms with Crippen molar-refractivity contribution in [3.63, 3.8) is 0 Å². The van der Waals surface area contributed by atoms with Crippen LogP contribution < -0.4 is 10.7 Å². The van der Waals surface area contributed by atoms with Crippen LogP contribution in [0.2, 0.25) is 0 Å². The number of rotatable bonds is 12. The lowest BCUT2D eigenvalue weighted by Gasteiger charge is -2.25. The number of nitrogens with zero attached hydrogens (tertiary/aromatic N) is 1. The first kappa shape index (κ1) is 27.8.